The van der Waals surface area contributed by atoms with Crippen molar-refractivity contribution < 1.29 is 33.6 Å². The average molecular weight is 557 g/mol. The van der Waals surface area contributed by atoms with E-state index in [0.29, 0.717) is 31.7 Å². The van der Waals surface area contributed by atoms with Crippen molar-refractivity contribution in [1.29, 1.82) is 0 Å². The van der Waals surface area contributed by atoms with Gasteiger partial charge in [0.1, 0.15) is 36.4 Å². The standard InChI is InChI=1S/C34H36O7/c1-18-9-23(41-30-17-40-33-29(37-3)16-39-34(30)33)10-19(2)32(18)21-6-4-5-20(11-21)15-38-22-7-8-24-25(12-22)26-13-27(26)28(24)14-31(35)36/h4-12,26-30,33-34H,13-17H2,1-3H3,(H,35,36)/t26?,27?,28?,29-,30+,33?,34?/m1/s1. The summed E-state index contributed by atoms with van der Waals surface area (Å²) in [6, 6.07) is 18.9. The first-order chi connectivity index (χ1) is 19.9. The third-order valence-corrected chi connectivity index (χ3v) is 9.29. The molecule has 41 heavy (non-hydrogen) atoms. The molecule has 0 spiro atoms. The molecule has 0 aromatic heterocycles. The summed E-state index contributed by atoms with van der Waals surface area (Å²) in [5, 5.41) is 9.31. The third-order valence-electron chi connectivity index (χ3n) is 9.29. The second-order valence-electron chi connectivity index (χ2n) is 11.9. The molecule has 2 aliphatic carbocycles. The van der Waals surface area contributed by atoms with Crippen LogP contribution >= 0.6 is 0 Å². The van der Waals surface area contributed by atoms with Gasteiger partial charge >= 0.3 is 5.97 Å². The van der Waals surface area contributed by atoms with Crippen molar-refractivity contribution in [2.45, 2.75) is 69.5 Å². The zero-order chi connectivity index (χ0) is 28.2. The predicted molar refractivity (Wildman–Crippen MR) is 153 cm³/mol. The monoisotopic (exact) mass is 556 g/mol. The molecular weight excluding hydrogens is 520 g/mol. The topological polar surface area (TPSA) is 83.5 Å². The van der Waals surface area contributed by atoms with Crippen molar-refractivity contribution in [1.82, 2.24) is 0 Å². The van der Waals surface area contributed by atoms with E-state index in [4.69, 9.17) is 23.7 Å². The largest absolute Gasteiger partial charge is 0.489 e. The van der Waals surface area contributed by atoms with Gasteiger partial charge in [0, 0.05) is 7.11 Å². The SMILES string of the molecule is CO[C@@H]1COC2C1OC[C@@H]2Oc1cc(C)c(-c2cccc(COc3ccc4c(c3)C3CC3C4CC(=O)O)c2)c(C)c1. The van der Waals surface area contributed by atoms with E-state index in [2.05, 4.69) is 62.4 Å². The number of rotatable bonds is 9. The van der Waals surface area contributed by atoms with E-state index < -0.39 is 5.97 Å². The number of aryl methyl sites for hydroxylation is 2. The molecule has 0 radical (unpaired) electrons. The average Bonchev–Trinajstić information content (AvgIpc) is 3.34. The summed E-state index contributed by atoms with van der Waals surface area (Å²) in [5.74, 6) is 2.06. The number of hydrogen-bond donors (Lipinski definition) is 1. The van der Waals surface area contributed by atoms with Crippen molar-refractivity contribution in [3.05, 3.63) is 82.4 Å². The Labute approximate surface area is 240 Å². The molecule has 1 N–H and O–H groups in total. The van der Waals surface area contributed by atoms with Crippen LogP contribution in [0.15, 0.2) is 54.6 Å². The first kappa shape index (κ1) is 26.5. The minimum atomic E-state index is -0.720. The normalized spacial score (nSPS) is 29.1. The Balaban J connectivity index is 1.03. The van der Waals surface area contributed by atoms with Gasteiger partial charge in [-0.2, -0.15) is 0 Å². The maximum atomic E-state index is 11.3. The fourth-order valence-electron chi connectivity index (χ4n) is 7.34. The van der Waals surface area contributed by atoms with Gasteiger partial charge in [-0.3, -0.25) is 4.79 Å². The van der Waals surface area contributed by atoms with Crippen LogP contribution in [0.1, 0.15) is 52.5 Å². The molecule has 2 aliphatic heterocycles. The summed E-state index contributed by atoms with van der Waals surface area (Å²) in [6.07, 6.45) is 0.925. The van der Waals surface area contributed by atoms with E-state index in [9.17, 15) is 9.90 Å². The fourth-order valence-corrected chi connectivity index (χ4v) is 7.34. The highest BCUT2D eigenvalue weighted by Gasteiger charge is 2.52. The van der Waals surface area contributed by atoms with Gasteiger partial charge in [0.2, 0.25) is 0 Å². The number of methoxy groups -OCH3 is 1. The first-order valence-corrected chi connectivity index (χ1v) is 14.5. The van der Waals surface area contributed by atoms with Crippen LogP contribution in [0.4, 0.5) is 0 Å². The number of fused-ring (bicyclic) bond motifs is 4. The van der Waals surface area contributed by atoms with Crippen molar-refractivity contribution in [3.63, 3.8) is 0 Å². The number of benzene rings is 3. The molecule has 7 atom stereocenters. The Morgan fingerprint density at radius 1 is 0.927 bits per heavy atom. The van der Waals surface area contributed by atoms with Crippen LogP contribution in [0.3, 0.4) is 0 Å². The van der Waals surface area contributed by atoms with Crippen LogP contribution in [-0.4, -0.2) is 55.8 Å². The Kier molecular flexibility index (Phi) is 6.76. The molecule has 1 saturated carbocycles. The number of aliphatic carboxylic acids is 1. The lowest BCUT2D eigenvalue weighted by atomic mass is 9.93. The molecule has 3 aromatic carbocycles. The molecule has 5 unspecified atom stereocenters. The van der Waals surface area contributed by atoms with Crippen LogP contribution < -0.4 is 9.47 Å². The molecule has 3 aromatic rings. The number of carbonyl (C=O) groups is 1. The van der Waals surface area contributed by atoms with E-state index in [1.54, 1.807) is 7.11 Å². The van der Waals surface area contributed by atoms with E-state index in [0.717, 1.165) is 40.2 Å². The summed E-state index contributed by atoms with van der Waals surface area (Å²) in [7, 11) is 1.69. The Morgan fingerprint density at radius 2 is 1.68 bits per heavy atom. The molecule has 3 fully saturated rings. The van der Waals surface area contributed by atoms with Crippen LogP contribution in [0.25, 0.3) is 11.1 Å². The predicted octanol–water partition coefficient (Wildman–Crippen LogP) is 5.78. The molecule has 2 saturated heterocycles. The van der Waals surface area contributed by atoms with Crippen molar-refractivity contribution in [2.24, 2.45) is 5.92 Å². The summed E-state index contributed by atoms with van der Waals surface area (Å²) < 4.78 is 29.9. The Morgan fingerprint density at radius 3 is 2.44 bits per heavy atom. The van der Waals surface area contributed by atoms with E-state index in [1.165, 1.54) is 16.7 Å². The van der Waals surface area contributed by atoms with Gasteiger partial charge in [0.25, 0.3) is 0 Å². The van der Waals surface area contributed by atoms with Crippen LogP contribution in [-0.2, 0) is 25.6 Å². The Hall–Kier alpha value is -3.39. The lowest BCUT2D eigenvalue weighted by molar-refractivity contribution is -0.137. The zero-order valence-electron chi connectivity index (χ0n) is 23.7. The van der Waals surface area contributed by atoms with Gasteiger partial charge in [-0.1, -0.05) is 24.3 Å². The smallest absolute Gasteiger partial charge is 0.303 e. The van der Waals surface area contributed by atoms with Gasteiger partial charge < -0.3 is 28.8 Å². The molecule has 4 aliphatic rings. The van der Waals surface area contributed by atoms with Crippen LogP contribution in [0, 0.1) is 19.8 Å². The quantitative estimate of drug-likeness (QED) is 0.358. The van der Waals surface area contributed by atoms with Crippen molar-refractivity contribution >= 4 is 5.97 Å². The maximum absolute atomic E-state index is 11.3. The summed E-state index contributed by atoms with van der Waals surface area (Å²) >= 11 is 0. The Bertz CT molecular complexity index is 1460. The first-order valence-electron chi connectivity index (χ1n) is 14.5. The van der Waals surface area contributed by atoms with E-state index >= 15 is 0 Å². The summed E-state index contributed by atoms with van der Waals surface area (Å²) in [6.45, 7) is 5.72. The minimum absolute atomic E-state index is 0.0415. The summed E-state index contributed by atoms with van der Waals surface area (Å²) in [5.41, 5.74) is 8.18. The summed E-state index contributed by atoms with van der Waals surface area (Å²) in [4.78, 5) is 11.3. The number of carboxylic acid groups (broad SMARTS) is 1. The fraction of sp³-hybridized carbons (Fsp3) is 0.441. The molecule has 7 nitrogen and oxygen atoms in total. The van der Waals surface area contributed by atoms with Gasteiger partial charge in [-0.15, -0.1) is 0 Å². The second kappa shape index (κ2) is 10.5. The number of ether oxygens (including phenoxy) is 5. The van der Waals surface area contributed by atoms with Crippen molar-refractivity contribution in [2.75, 3.05) is 20.3 Å². The second-order valence-corrected chi connectivity index (χ2v) is 11.9. The van der Waals surface area contributed by atoms with E-state index in [-0.39, 0.29) is 36.8 Å². The van der Waals surface area contributed by atoms with Gasteiger partial charge in [0.05, 0.1) is 19.6 Å². The molecule has 7 heteroatoms. The number of carboxylic acids is 1. The van der Waals surface area contributed by atoms with Crippen LogP contribution in [0.5, 0.6) is 11.5 Å². The van der Waals surface area contributed by atoms with Gasteiger partial charge in [-0.25, -0.2) is 0 Å². The highest BCUT2D eigenvalue weighted by atomic mass is 16.6. The van der Waals surface area contributed by atoms with Gasteiger partial charge in [0.15, 0.2) is 6.10 Å². The number of hydrogen-bond acceptors (Lipinski definition) is 6. The molecule has 214 valence electrons. The minimum Gasteiger partial charge on any atom is -0.489 e. The van der Waals surface area contributed by atoms with Crippen LogP contribution in [0.2, 0.25) is 0 Å². The lowest BCUT2D eigenvalue weighted by Crippen LogP contribution is -2.35. The zero-order valence-corrected chi connectivity index (χ0v) is 23.7. The highest BCUT2D eigenvalue weighted by molar-refractivity contribution is 5.72. The van der Waals surface area contributed by atoms with E-state index in [1.807, 2.05) is 6.07 Å². The third kappa shape index (κ3) is 4.90. The molecule has 7 rings (SSSR count). The lowest BCUT2D eigenvalue weighted by Gasteiger charge is -2.20. The molecule has 0 bridgehead atoms. The van der Waals surface area contributed by atoms with Crippen molar-refractivity contribution in [3.8, 4) is 22.6 Å². The maximum Gasteiger partial charge on any atom is 0.303 e. The van der Waals surface area contributed by atoms with Gasteiger partial charge in [-0.05, 0) is 107 Å². The molecular formula is C34H36O7. The highest BCUT2D eigenvalue weighted by Crippen LogP contribution is 2.64. The molecule has 2 heterocycles. The molecule has 0 amide bonds.